The van der Waals surface area contributed by atoms with E-state index in [1.54, 1.807) is 0 Å². The van der Waals surface area contributed by atoms with E-state index in [4.69, 9.17) is 4.74 Å². The zero-order chi connectivity index (χ0) is 11.6. The summed E-state index contributed by atoms with van der Waals surface area (Å²) in [6, 6.07) is 0. The first kappa shape index (κ1) is 13.9. The highest BCUT2D eigenvalue weighted by molar-refractivity contribution is 4.73. The number of hydrogen-bond donors (Lipinski definition) is 1. The van der Waals surface area contributed by atoms with Gasteiger partial charge in [0, 0.05) is 13.2 Å². The molecule has 96 valence electrons. The van der Waals surface area contributed by atoms with E-state index in [0.717, 1.165) is 25.7 Å². The first-order valence-corrected chi connectivity index (χ1v) is 6.81. The van der Waals surface area contributed by atoms with Crippen molar-refractivity contribution in [3.8, 4) is 0 Å². The summed E-state index contributed by atoms with van der Waals surface area (Å²) in [5.74, 6) is 0.891. The molecule has 0 aromatic rings. The zero-order valence-corrected chi connectivity index (χ0v) is 11.0. The molecule has 0 aliphatic carbocycles. The number of nitrogens with zero attached hydrogens (tertiary/aromatic N) is 1. The van der Waals surface area contributed by atoms with Crippen LogP contribution in [0.1, 0.15) is 32.6 Å². The maximum absolute atomic E-state index is 5.60. The molecule has 3 heteroatoms. The summed E-state index contributed by atoms with van der Waals surface area (Å²) >= 11 is 0. The number of piperidine rings is 1. The SMILES string of the molecule is CCCCOCCN1CCC(CNC)CC1. The molecule has 0 aromatic carbocycles. The molecule has 3 nitrogen and oxygen atoms in total. The molecule has 0 aromatic heterocycles. The molecule has 1 heterocycles. The number of hydrogen-bond acceptors (Lipinski definition) is 3. The van der Waals surface area contributed by atoms with Crippen LogP contribution in [0.2, 0.25) is 0 Å². The topological polar surface area (TPSA) is 24.5 Å². The summed E-state index contributed by atoms with van der Waals surface area (Å²) in [5, 5.41) is 3.28. The van der Waals surface area contributed by atoms with Crippen molar-refractivity contribution in [2.75, 3.05) is 46.4 Å². The van der Waals surface area contributed by atoms with E-state index < -0.39 is 0 Å². The van der Waals surface area contributed by atoms with Gasteiger partial charge < -0.3 is 15.0 Å². The second-order valence-electron chi connectivity index (χ2n) is 4.81. The fourth-order valence-electron chi connectivity index (χ4n) is 2.24. The third kappa shape index (κ3) is 5.83. The molecule has 0 saturated carbocycles. The highest BCUT2D eigenvalue weighted by Crippen LogP contribution is 2.15. The van der Waals surface area contributed by atoms with E-state index in [0.29, 0.717) is 0 Å². The predicted molar refractivity (Wildman–Crippen MR) is 68.8 cm³/mol. The monoisotopic (exact) mass is 228 g/mol. The van der Waals surface area contributed by atoms with Crippen molar-refractivity contribution in [2.45, 2.75) is 32.6 Å². The maximum atomic E-state index is 5.60. The van der Waals surface area contributed by atoms with Crippen LogP contribution in [-0.2, 0) is 4.74 Å². The van der Waals surface area contributed by atoms with Crippen molar-refractivity contribution in [3.05, 3.63) is 0 Å². The summed E-state index contributed by atoms with van der Waals surface area (Å²) in [6.45, 7) is 8.86. The number of rotatable bonds is 8. The highest BCUT2D eigenvalue weighted by atomic mass is 16.5. The minimum Gasteiger partial charge on any atom is -0.380 e. The van der Waals surface area contributed by atoms with E-state index in [2.05, 4.69) is 17.1 Å². The fraction of sp³-hybridized carbons (Fsp3) is 1.00. The lowest BCUT2D eigenvalue weighted by Crippen LogP contribution is -2.38. The van der Waals surface area contributed by atoms with Crippen molar-refractivity contribution in [1.82, 2.24) is 10.2 Å². The average Bonchev–Trinajstić information content (AvgIpc) is 2.31. The minimum atomic E-state index is 0.891. The normalized spacial score (nSPS) is 19.1. The van der Waals surface area contributed by atoms with E-state index in [1.165, 1.54) is 45.3 Å². The van der Waals surface area contributed by atoms with Gasteiger partial charge in [0.15, 0.2) is 0 Å². The van der Waals surface area contributed by atoms with Crippen LogP contribution in [0.25, 0.3) is 0 Å². The first-order chi connectivity index (χ1) is 7.86. The van der Waals surface area contributed by atoms with Gasteiger partial charge in [-0.15, -0.1) is 0 Å². The lowest BCUT2D eigenvalue weighted by Gasteiger charge is -2.31. The second kappa shape index (κ2) is 8.97. The summed E-state index contributed by atoms with van der Waals surface area (Å²) in [4.78, 5) is 2.54. The molecule has 1 N–H and O–H groups in total. The van der Waals surface area contributed by atoms with Crippen LogP contribution in [0.5, 0.6) is 0 Å². The van der Waals surface area contributed by atoms with E-state index in [1.807, 2.05) is 7.05 Å². The molecular weight excluding hydrogens is 200 g/mol. The van der Waals surface area contributed by atoms with Gasteiger partial charge in [0.2, 0.25) is 0 Å². The molecular formula is C13H28N2O. The fourth-order valence-corrected chi connectivity index (χ4v) is 2.24. The molecule has 1 saturated heterocycles. The molecule has 0 atom stereocenters. The Morgan fingerprint density at radius 2 is 2.00 bits per heavy atom. The van der Waals surface area contributed by atoms with Crippen molar-refractivity contribution in [1.29, 1.82) is 0 Å². The average molecular weight is 228 g/mol. The molecule has 1 rings (SSSR count). The van der Waals surface area contributed by atoms with Gasteiger partial charge in [0.25, 0.3) is 0 Å². The van der Waals surface area contributed by atoms with Crippen LogP contribution in [0.15, 0.2) is 0 Å². The lowest BCUT2D eigenvalue weighted by atomic mass is 9.97. The van der Waals surface area contributed by atoms with Crippen molar-refractivity contribution in [2.24, 2.45) is 5.92 Å². The van der Waals surface area contributed by atoms with Crippen molar-refractivity contribution < 1.29 is 4.74 Å². The van der Waals surface area contributed by atoms with Gasteiger partial charge in [-0.3, -0.25) is 0 Å². The quantitative estimate of drug-likeness (QED) is 0.640. The maximum Gasteiger partial charge on any atom is 0.0593 e. The molecule has 16 heavy (non-hydrogen) atoms. The van der Waals surface area contributed by atoms with Crippen molar-refractivity contribution >= 4 is 0 Å². The molecule has 1 aliphatic heterocycles. The number of unbranched alkanes of at least 4 members (excludes halogenated alkanes) is 1. The molecule has 0 spiro atoms. The van der Waals surface area contributed by atoms with E-state index in [-0.39, 0.29) is 0 Å². The van der Waals surface area contributed by atoms with Gasteiger partial charge in [-0.2, -0.15) is 0 Å². The van der Waals surface area contributed by atoms with Crippen LogP contribution in [-0.4, -0.2) is 51.3 Å². The third-order valence-corrected chi connectivity index (χ3v) is 3.39. The van der Waals surface area contributed by atoms with Crippen LogP contribution in [0, 0.1) is 5.92 Å². The van der Waals surface area contributed by atoms with E-state index >= 15 is 0 Å². The van der Waals surface area contributed by atoms with Gasteiger partial charge in [-0.1, -0.05) is 13.3 Å². The number of likely N-dealkylation sites (tertiary alicyclic amines) is 1. The smallest absolute Gasteiger partial charge is 0.0593 e. The summed E-state index contributed by atoms with van der Waals surface area (Å²) < 4.78 is 5.60. The first-order valence-electron chi connectivity index (χ1n) is 6.81. The second-order valence-corrected chi connectivity index (χ2v) is 4.81. The van der Waals surface area contributed by atoms with Gasteiger partial charge in [-0.25, -0.2) is 0 Å². The number of ether oxygens (including phenoxy) is 1. The molecule has 0 radical (unpaired) electrons. The Hall–Kier alpha value is -0.120. The van der Waals surface area contributed by atoms with Crippen LogP contribution in [0.4, 0.5) is 0 Å². The van der Waals surface area contributed by atoms with Gasteiger partial charge in [-0.05, 0) is 51.9 Å². The molecule has 0 unspecified atom stereocenters. The molecule has 1 aliphatic rings. The third-order valence-electron chi connectivity index (χ3n) is 3.39. The Bertz CT molecular complexity index is 156. The van der Waals surface area contributed by atoms with Gasteiger partial charge >= 0.3 is 0 Å². The summed E-state index contributed by atoms with van der Waals surface area (Å²) in [5.41, 5.74) is 0. The lowest BCUT2D eigenvalue weighted by molar-refractivity contribution is 0.0869. The molecule has 0 bridgehead atoms. The molecule has 1 fully saturated rings. The van der Waals surface area contributed by atoms with E-state index in [9.17, 15) is 0 Å². The van der Waals surface area contributed by atoms with Crippen LogP contribution < -0.4 is 5.32 Å². The van der Waals surface area contributed by atoms with Crippen LogP contribution >= 0.6 is 0 Å². The Morgan fingerprint density at radius 1 is 1.25 bits per heavy atom. The highest BCUT2D eigenvalue weighted by Gasteiger charge is 2.17. The zero-order valence-electron chi connectivity index (χ0n) is 11.0. The minimum absolute atomic E-state index is 0.891. The Morgan fingerprint density at radius 3 is 2.62 bits per heavy atom. The van der Waals surface area contributed by atoms with Gasteiger partial charge in [0.1, 0.15) is 0 Å². The molecule has 0 amide bonds. The predicted octanol–water partition coefficient (Wildman–Crippen LogP) is 1.73. The Labute approximate surface area is 101 Å². The summed E-state index contributed by atoms with van der Waals surface area (Å²) in [6.07, 6.45) is 5.12. The van der Waals surface area contributed by atoms with Crippen LogP contribution in [0.3, 0.4) is 0 Å². The largest absolute Gasteiger partial charge is 0.380 e. The summed E-state index contributed by atoms with van der Waals surface area (Å²) in [7, 11) is 2.05. The Kier molecular flexibility index (Phi) is 7.81. The van der Waals surface area contributed by atoms with Crippen molar-refractivity contribution in [3.63, 3.8) is 0 Å². The van der Waals surface area contributed by atoms with Gasteiger partial charge in [0.05, 0.1) is 6.61 Å². The number of nitrogens with one attached hydrogen (secondary N) is 1. The Balaban J connectivity index is 1.95. The standard InChI is InChI=1S/C13H28N2O/c1-3-4-10-16-11-9-15-7-5-13(6-8-15)12-14-2/h13-14H,3-12H2,1-2H3.